The van der Waals surface area contributed by atoms with Crippen molar-refractivity contribution in [2.75, 3.05) is 0 Å². The molecule has 43 heavy (non-hydrogen) atoms. The van der Waals surface area contributed by atoms with E-state index in [-0.39, 0.29) is 36.9 Å². The van der Waals surface area contributed by atoms with Crippen LogP contribution in [0, 0.1) is 31.7 Å². The molecule has 0 bridgehead atoms. The van der Waals surface area contributed by atoms with E-state index in [9.17, 15) is 4.39 Å². The number of fused-ring (bicyclic) bond motifs is 3. The van der Waals surface area contributed by atoms with E-state index in [1.54, 1.807) is 42.7 Å². The zero-order valence-electron chi connectivity index (χ0n) is 31.0. The molecule has 0 aliphatic rings. The molecule has 0 fully saturated rings. The number of halogens is 1. The van der Waals surface area contributed by atoms with E-state index in [0.717, 1.165) is 21.8 Å². The summed E-state index contributed by atoms with van der Waals surface area (Å²) in [5.41, 5.74) is 5.48. The van der Waals surface area contributed by atoms with Crippen molar-refractivity contribution in [2.45, 2.75) is 59.5 Å². The van der Waals surface area contributed by atoms with E-state index in [1.165, 1.54) is 23.8 Å². The van der Waals surface area contributed by atoms with Crippen LogP contribution in [-0.4, -0.2) is 18.0 Å². The van der Waals surface area contributed by atoms with Crippen molar-refractivity contribution in [1.82, 2.24) is 9.97 Å². The van der Waals surface area contributed by atoms with Gasteiger partial charge in [0.1, 0.15) is 11.4 Å². The van der Waals surface area contributed by atoms with Crippen LogP contribution in [0.15, 0.2) is 83.5 Å². The second-order valence-corrected chi connectivity index (χ2v) is 17.4. The predicted molar refractivity (Wildman–Crippen MR) is 175 cm³/mol. The predicted octanol–water partition coefficient (Wildman–Crippen LogP) is 9.59. The first kappa shape index (κ1) is 24.9. The van der Waals surface area contributed by atoms with E-state index in [4.69, 9.17) is 12.6 Å². The molecule has 0 amide bonds. The standard InChI is InChI=1S/C21H17FNO.C16H20NSi.Ir/c1-21(2,3)13-10-11-23-17(12-13)14-6-4-7-15-19-16(22)8-5-9-18(19)24-20(14)15;1-12-6-8-14(9-7-12)15-10-13(2)16(11-17-15)18(3,4)5;/h4-5,7-12H,1-3H3;6-8,10-11H,1-5H3;/q2*-1;/i;1D3,2D3;. The number of aryl methyl sites for hydroxylation is 2. The number of hydrogen-bond acceptors (Lipinski definition) is 3. The summed E-state index contributed by atoms with van der Waals surface area (Å²) in [6.45, 7) is 8.31. The average Bonchev–Trinajstić information content (AvgIpc) is 3.40. The molecule has 3 nitrogen and oxygen atoms in total. The fourth-order valence-corrected chi connectivity index (χ4v) is 6.09. The minimum atomic E-state index is -2.22. The van der Waals surface area contributed by atoms with Gasteiger partial charge >= 0.3 is 0 Å². The average molecular weight is 771 g/mol. The Morgan fingerprint density at radius 3 is 2.42 bits per heavy atom. The molecule has 6 heteroatoms. The maximum atomic E-state index is 14.2. The fraction of sp³-hybridized carbons (Fsp3) is 0.243. The molecule has 3 aromatic carbocycles. The van der Waals surface area contributed by atoms with Gasteiger partial charge in [0, 0.05) is 46.1 Å². The largest absolute Gasteiger partial charge is 0.500 e. The van der Waals surface area contributed by atoms with Gasteiger partial charge in [-0.2, -0.15) is 0 Å². The second-order valence-electron chi connectivity index (χ2n) is 12.3. The van der Waals surface area contributed by atoms with Crippen molar-refractivity contribution >= 4 is 35.2 Å². The van der Waals surface area contributed by atoms with Gasteiger partial charge in [-0.15, -0.1) is 53.6 Å². The molecule has 0 saturated carbocycles. The van der Waals surface area contributed by atoms with Crippen LogP contribution in [0.1, 0.15) is 45.7 Å². The van der Waals surface area contributed by atoms with Gasteiger partial charge in [0.05, 0.1) is 13.7 Å². The van der Waals surface area contributed by atoms with Gasteiger partial charge < -0.3 is 14.4 Å². The molecule has 1 radical (unpaired) electrons. The number of aromatic nitrogens is 2. The van der Waals surface area contributed by atoms with Gasteiger partial charge in [0.15, 0.2) is 0 Å². The molecule has 0 saturated heterocycles. The molecule has 0 unspecified atom stereocenters. The van der Waals surface area contributed by atoms with E-state index in [1.807, 2.05) is 12.1 Å². The van der Waals surface area contributed by atoms with Crippen LogP contribution < -0.4 is 5.19 Å². The molecule has 0 aliphatic carbocycles. The first-order chi connectivity index (χ1) is 22.2. The van der Waals surface area contributed by atoms with Crippen molar-refractivity contribution in [2.24, 2.45) is 0 Å². The molecular weight excluding hydrogens is 728 g/mol. The Hall–Kier alpha value is -3.44. The summed E-state index contributed by atoms with van der Waals surface area (Å²) in [5, 5.41) is 2.07. The summed E-state index contributed by atoms with van der Waals surface area (Å²) in [5.74, 6) is -0.278. The summed E-state index contributed by atoms with van der Waals surface area (Å²) in [7, 11) is -1.85. The summed E-state index contributed by atoms with van der Waals surface area (Å²) in [6.07, 6.45) is 3.45. The number of benzene rings is 3. The van der Waals surface area contributed by atoms with E-state index in [2.05, 4.69) is 68.6 Å². The Balaban J connectivity index is 0.000000216. The van der Waals surface area contributed by atoms with Crippen LogP contribution in [0.4, 0.5) is 4.39 Å². The SMILES string of the molecule is CC(C)(C)c1ccnc(-c2[c-]ccc3c2oc2cccc(F)c23)c1.[2H]C([2H])([2H])c1c[c-]c(-c2cc(C([2H])([2H])[2H])c([Si](C)(C)C)cn2)cc1.[Ir]. The summed E-state index contributed by atoms with van der Waals surface area (Å²) < 4.78 is 65.8. The van der Waals surface area contributed by atoms with E-state index >= 15 is 0 Å². The Labute approximate surface area is 277 Å². The minimum Gasteiger partial charge on any atom is -0.500 e. The molecule has 0 spiro atoms. The van der Waals surface area contributed by atoms with Crippen molar-refractivity contribution in [1.29, 1.82) is 0 Å². The molecule has 223 valence electrons. The maximum absolute atomic E-state index is 14.2. The van der Waals surface area contributed by atoms with Crippen molar-refractivity contribution in [3.05, 3.63) is 114 Å². The van der Waals surface area contributed by atoms with Gasteiger partial charge in [-0.05, 0) is 52.6 Å². The maximum Gasteiger partial charge on any atom is 0.133 e. The molecule has 6 aromatic rings. The Kier molecular flexibility index (Phi) is 7.34. The van der Waals surface area contributed by atoms with E-state index in [0.29, 0.717) is 33.4 Å². The van der Waals surface area contributed by atoms with Gasteiger partial charge in [-0.3, -0.25) is 0 Å². The topological polar surface area (TPSA) is 38.9 Å². The quantitative estimate of drug-likeness (QED) is 0.133. The van der Waals surface area contributed by atoms with Gasteiger partial charge in [-0.25, -0.2) is 4.39 Å². The third-order valence-electron chi connectivity index (χ3n) is 7.09. The first-order valence-electron chi connectivity index (χ1n) is 16.8. The summed E-state index contributed by atoms with van der Waals surface area (Å²) in [6, 6.07) is 24.8. The van der Waals surface area contributed by atoms with Crippen molar-refractivity contribution in [3.63, 3.8) is 0 Å². The molecular formula is C37H37FIrN2OSi-2. The number of rotatable bonds is 3. The van der Waals surface area contributed by atoms with Crippen LogP contribution in [0.5, 0.6) is 0 Å². The van der Waals surface area contributed by atoms with E-state index < -0.39 is 21.8 Å². The van der Waals surface area contributed by atoms with Crippen LogP contribution >= 0.6 is 0 Å². The zero-order valence-corrected chi connectivity index (χ0v) is 28.4. The van der Waals surface area contributed by atoms with Crippen LogP contribution in [0.3, 0.4) is 0 Å². The second kappa shape index (κ2) is 12.7. The van der Waals surface area contributed by atoms with Gasteiger partial charge in [0.25, 0.3) is 0 Å². The molecule has 6 rings (SSSR count). The zero-order chi connectivity index (χ0) is 35.2. The van der Waals surface area contributed by atoms with Crippen LogP contribution in [-0.2, 0) is 25.5 Å². The third kappa shape index (κ3) is 7.04. The summed E-state index contributed by atoms with van der Waals surface area (Å²) in [4.78, 5) is 8.88. The molecule has 0 aliphatic heterocycles. The Bertz CT molecular complexity index is 2100. The third-order valence-corrected chi connectivity index (χ3v) is 9.10. The van der Waals surface area contributed by atoms with Crippen molar-refractivity contribution in [3.8, 4) is 22.5 Å². The normalized spacial score (nSPS) is 14.3. The number of pyridine rings is 2. The molecule has 0 atom stereocenters. The number of nitrogens with zero attached hydrogens (tertiary/aromatic N) is 2. The minimum absolute atomic E-state index is 0. The van der Waals surface area contributed by atoms with Crippen molar-refractivity contribution < 1.29 is 37.1 Å². The van der Waals surface area contributed by atoms with Crippen LogP contribution in [0.2, 0.25) is 19.6 Å². The smallest absolute Gasteiger partial charge is 0.133 e. The number of hydrogen-bond donors (Lipinski definition) is 0. The molecule has 3 heterocycles. The monoisotopic (exact) mass is 771 g/mol. The van der Waals surface area contributed by atoms with Gasteiger partial charge in [-0.1, -0.05) is 82.0 Å². The van der Waals surface area contributed by atoms with Gasteiger partial charge in [0.2, 0.25) is 0 Å². The molecule has 3 aromatic heterocycles. The summed E-state index contributed by atoms with van der Waals surface area (Å²) >= 11 is 0. The number of furan rings is 1. The fourth-order valence-electron chi connectivity index (χ4n) is 4.76. The molecule has 0 N–H and O–H groups in total. The van der Waals surface area contributed by atoms with Crippen LogP contribution in [0.25, 0.3) is 44.5 Å². The Morgan fingerprint density at radius 1 is 0.930 bits per heavy atom. The first-order valence-corrected chi connectivity index (χ1v) is 17.3. The Morgan fingerprint density at radius 2 is 1.74 bits per heavy atom.